The molecule has 2 aliphatic heterocycles. The Kier molecular flexibility index (Phi) is 7.86. The highest BCUT2D eigenvalue weighted by Gasteiger charge is 2.48. The summed E-state index contributed by atoms with van der Waals surface area (Å²) >= 11 is 2.72. The summed E-state index contributed by atoms with van der Waals surface area (Å²) in [4.78, 5) is 28.5. The Morgan fingerprint density at radius 2 is 1.83 bits per heavy atom. The van der Waals surface area contributed by atoms with Gasteiger partial charge in [0.25, 0.3) is 5.78 Å². The van der Waals surface area contributed by atoms with Crippen molar-refractivity contribution in [1.82, 2.24) is 10.2 Å². The van der Waals surface area contributed by atoms with Crippen LogP contribution >= 0.6 is 23.1 Å². The number of ketones is 1. The first-order chi connectivity index (χ1) is 20.4. The average molecular weight is 602 g/mol. The van der Waals surface area contributed by atoms with Gasteiger partial charge < -0.3 is 19.3 Å². The molecule has 1 N–H and O–H groups in total. The summed E-state index contributed by atoms with van der Waals surface area (Å²) in [6.45, 7) is 5.15. The van der Waals surface area contributed by atoms with Crippen molar-refractivity contribution in [1.29, 1.82) is 0 Å². The maximum Gasteiger partial charge on any atom is 0.301 e. The third-order valence-electron chi connectivity index (χ3n) is 6.83. The molecule has 0 radical (unpaired) electrons. The lowest BCUT2D eigenvalue weighted by Gasteiger charge is -2.23. The monoisotopic (exact) mass is 601 g/mol. The number of carbonyl (C=O) groups is 2. The molecule has 0 saturated carbocycles. The van der Waals surface area contributed by atoms with Crippen molar-refractivity contribution in [2.75, 3.05) is 24.7 Å². The fourth-order valence-electron chi connectivity index (χ4n) is 4.82. The van der Waals surface area contributed by atoms with E-state index in [0.29, 0.717) is 58.3 Å². The molecular formula is C31H27N3O6S2. The molecule has 3 heterocycles. The van der Waals surface area contributed by atoms with Gasteiger partial charge in [0.15, 0.2) is 15.8 Å². The summed E-state index contributed by atoms with van der Waals surface area (Å²) in [6.07, 6.45) is 0. The molecule has 1 fully saturated rings. The predicted molar refractivity (Wildman–Crippen MR) is 160 cm³/mol. The molecule has 1 saturated heterocycles. The Bertz CT molecular complexity index is 1680. The van der Waals surface area contributed by atoms with Crippen molar-refractivity contribution in [2.45, 2.75) is 30.0 Å². The number of Topliss-reactive ketones (excluding diaryl/α,β-unsaturated/α-hetero) is 1. The second kappa shape index (κ2) is 11.9. The second-order valence-corrected chi connectivity index (χ2v) is 11.8. The molecule has 11 heteroatoms. The molecule has 9 nitrogen and oxygen atoms in total. The Morgan fingerprint density at radius 3 is 2.62 bits per heavy atom. The van der Waals surface area contributed by atoms with Gasteiger partial charge >= 0.3 is 5.91 Å². The topological polar surface area (TPSA) is 111 Å². The fraction of sp³-hybridized carbons (Fsp3) is 0.226. The van der Waals surface area contributed by atoms with Crippen molar-refractivity contribution in [3.05, 3.63) is 94.6 Å². The lowest BCUT2D eigenvalue weighted by atomic mass is 9.95. The molecule has 0 bridgehead atoms. The first-order valence-electron chi connectivity index (χ1n) is 13.4. The number of thioether (sulfide) groups is 1. The van der Waals surface area contributed by atoms with Crippen LogP contribution in [0.5, 0.6) is 17.2 Å². The van der Waals surface area contributed by atoms with Crippen LogP contribution in [0.25, 0.3) is 5.76 Å². The Hall–Kier alpha value is -4.35. The number of ether oxygens (including phenoxy) is 3. The van der Waals surface area contributed by atoms with E-state index in [9.17, 15) is 14.7 Å². The number of anilines is 1. The van der Waals surface area contributed by atoms with Crippen LogP contribution in [0.1, 0.15) is 35.2 Å². The molecule has 4 aromatic rings. The molecule has 1 unspecified atom stereocenters. The Balaban J connectivity index is 1.39. The number of aryl methyl sites for hydroxylation is 1. The number of hydrogen-bond donors (Lipinski definition) is 1. The highest BCUT2D eigenvalue weighted by molar-refractivity contribution is 8.00. The summed E-state index contributed by atoms with van der Waals surface area (Å²) in [5, 5.41) is 20.4. The second-order valence-electron chi connectivity index (χ2n) is 9.66. The number of nitrogens with zero attached hydrogens (tertiary/aromatic N) is 3. The highest BCUT2D eigenvalue weighted by Crippen LogP contribution is 2.45. The standard InChI is InChI=1S/C31H27N3O6S2/c1-3-38-22-6-4-5-20(15-22)26-25(27(35)21-11-12-23-24(16-21)40-14-13-39-23)28(36)29(37)34(26)30-32-33-31(42-30)41-17-19-9-7-18(2)8-10-19/h4-12,15-16,26,35H,3,13-14,17H2,1-2H3/b27-25+. The number of fused-ring (bicyclic) bond motifs is 1. The van der Waals surface area contributed by atoms with Crippen LogP contribution in [0, 0.1) is 6.92 Å². The van der Waals surface area contributed by atoms with Gasteiger partial charge in [-0.3, -0.25) is 14.5 Å². The number of hydrogen-bond acceptors (Lipinski definition) is 10. The molecule has 214 valence electrons. The smallest absolute Gasteiger partial charge is 0.301 e. The van der Waals surface area contributed by atoms with E-state index in [1.807, 2.05) is 13.8 Å². The van der Waals surface area contributed by atoms with Crippen LogP contribution < -0.4 is 19.1 Å². The number of aromatic nitrogens is 2. The van der Waals surface area contributed by atoms with Crippen LogP contribution in [0.15, 0.2) is 76.6 Å². The predicted octanol–water partition coefficient (Wildman–Crippen LogP) is 5.94. The summed E-state index contributed by atoms with van der Waals surface area (Å²) in [6, 6.07) is 19.3. The van der Waals surface area contributed by atoms with Gasteiger partial charge in [0.1, 0.15) is 24.7 Å². The maximum atomic E-state index is 13.6. The third kappa shape index (κ3) is 5.45. The summed E-state index contributed by atoms with van der Waals surface area (Å²) in [7, 11) is 0. The number of aliphatic hydroxyl groups excluding tert-OH is 1. The van der Waals surface area contributed by atoms with Gasteiger partial charge in [-0.25, -0.2) is 0 Å². The fourth-order valence-corrected chi connectivity index (χ4v) is 6.64. The van der Waals surface area contributed by atoms with E-state index in [1.165, 1.54) is 33.6 Å². The first-order valence-corrected chi connectivity index (χ1v) is 15.2. The van der Waals surface area contributed by atoms with Gasteiger partial charge in [-0.1, -0.05) is 65.1 Å². The van der Waals surface area contributed by atoms with E-state index in [0.717, 1.165) is 5.56 Å². The minimum absolute atomic E-state index is 0.0608. The molecule has 6 rings (SSSR count). The van der Waals surface area contributed by atoms with Crippen molar-refractivity contribution in [3.8, 4) is 17.2 Å². The van der Waals surface area contributed by atoms with E-state index < -0.39 is 17.7 Å². The Morgan fingerprint density at radius 1 is 1.05 bits per heavy atom. The van der Waals surface area contributed by atoms with Crippen molar-refractivity contribution in [3.63, 3.8) is 0 Å². The van der Waals surface area contributed by atoms with Gasteiger partial charge in [-0.05, 0) is 55.3 Å². The first kappa shape index (κ1) is 27.8. The molecule has 0 aliphatic carbocycles. The number of amides is 1. The summed E-state index contributed by atoms with van der Waals surface area (Å²) in [5.41, 5.74) is 3.17. The molecule has 1 atom stereocenters. The largest absolute Gasteiger partial charge is 0.507 e. The highest BCUT2D eigenvalue weighted by atomic mass is 32.2. The van der Waals surface area contributed by atoms with Gasteiger partial charge in [0, 0.05) is 11.3 Å². The number of rotatable bonds is 8. The zero-order valence-electron chi connectivity index (χ0n) is 22.9. The van der Waals surface area contributed by atoms with Crippen molar-refractivity contribution < 1.29 is 28.9 Å². The molecule has 2 aliphatic rings. The number of aliphatic hydroxyl groups is 1. The molecular weight excluding hydrogens is 574 g/mol. The normalized spacial score (nSPS) is 17.5. The Labute approximate surface area is 250 Å². The molecule has 42 heavy (non-hydrogen) atoms. The van der Waals surface area contributed by atoms with Crippen molar-refractivity contribution in [2.24, 2.45) is 0 Å². The van der Waals surface area contributed by atoms with Gasteiger partial charge in [-0.15, -0.1) is 10.2 Å². The average Bonchev–Trinajstić information content (AvgIpc) is 3.58. The van der Waals surface area contributed by atoms with Gasteiger partial charge in [-0.2, -0.15) is 0 Å². The minimum atomic E-state index is -0.957. The number of carbonyl (C=O) groups excluding carboxylic acids is 2. The zero-order valence-corrected chi connectivity index (χ0v) is 24.5. The molecule has 0 spiro atoms. The lowest BCUT2D eigenvalue weighted by molar-refractivity contribution is -0.132. The maximum absolute atomic E-state index is 13.6. The zero-order chi connectivity index (χ0) is 29.2. The van der Waals surface area contributed by atoms with Crippen LogP contribution in [-0.2, 0) is 15.3 Å². The quantitative estimate of drug-likeness (QED) is 0.0863. The summed E-state index contributed by atoms with van der Waals surface area (Å²) < 4.78 is 17.6. The van der Waals surface area contributed by atoms with Gasteiger partial charge in [0.05, 0.1) is 18.2 Å². The van der Waals surface area contributed by atoms with Crippen LogP contribution in [0.4, 0.5) is 5.13 Å². The minimum Gasteiger partial charge on any atom is -0.507 e. The molecule has 1 aromatic heterocycles. The van der Waals surface area contributed by atoms with E-state index in [2.05, 4.69) is 34.5 Å². The number of benzene rings is 3. The molecule has 1 amide bonds. The van der Waals surface area contributed by atoms with Gasteiger partial charge in [0.2, 0.25) is 5.13 Å². The van der Waals surface area contributed by atoms with Crippen LogP contribution in [-0.4, -0.2) is 46.8 Å². The van der Waals surface area contributed by atoms with E-state index in [1.54, 1.807) is 42.5 Å². The SMILES string of the molecule is CCOc1cccc(C2/C(=C(\O)c3ccc4c(c3)OCCO4)C(=O)C(=O)N2c2nnc(SCc3ccc(C)cc3)s2)c1. The lowest BCUT2D eigenvalue weighted by Crippen LogP contribution is -2.29. The third-order valence-corrected chi connectivity index (χ3v) is 8.96. The van der Waals surface area contributed by atoms with E-state index >= 15 is 0 Å². The summed E-state index contributed by atoms with van der Waals surface area (Å²) in [5.74, 6) is 0.310. The van der Waals surface area contributed by atoms with Crippen molar-refractivity contribution >= 4 is 45.7 Å². The van der Waals surface area contributed by atoms with Crippen LogP contribution in [0.2, 0.25) is 0 Å². The van der Waals surface area contributed by atoms with Crippen LogP contribution in [0.3, 0.4) is 0 Å². The molecule has 3 aromatic carbocycles. The van der Waals surface area contributed by atoms with E-state index in [4.69, 9.17) is 14.2 Å². The van der Waals surface area contributed by atoms with E-state index in [-0.39, 0.29) is 16.5 Å².